The first kappa shape index (κ1) is 9.23. The second-order valence-corrected chi connectivity index (χ2v) is 2.63. The molecule has 2 nitrogen and oxygen atoms in total. The van der Waals surface area contributed by atoms with E-state index in [1.54, 1.807) is 0 Å². The third-order valence-corrected chi connectivity index (χ3v) is 1.97. The lowest BCUT2D eigenvalue weighted by Crippen LogP contribution is -1.97. The fourth-order valence-corrected chi connectivity index (χ4v) is 1.35. The largest absolute Gasteiger partial charge is 0.392 e. The van der Waals surface area contributed by atoms with E-state index in [1.165, 1.54) is 0 Å². The molecule has 12 heavy (non-hydrogen) atoms. The van der Waals surface area contributed by atoms with Gasteiger partial charge in [-0.3, -0.25) is 0 Å². The lowest BCUT2D eigenvalue weighted by atomic mass is 10.00. The number of benzene rings is 1. The minimum atomic E-state index is 0.0326. The summed E-state index contributed by atoms with van der Waals surface area (Å²) in [6.07, 6.45) is 0.823. The molecule has 0 aromatic heterocycles. The third kappa shape index (κ3) is 1.65. The SMILES string of the molecule is CCc1c([CH]O)cccc1CO. The molecule has 1 radical (unpaired) electrons. The van der Waals surface area contributed by atoms with Gasteiger partial charge < -0.3 is 10.2 Å². The predicted molar refractivity (Wildman–Crippen MR) is 47.1 cm³/mol. The Kier molecular flexibility index (Phi) is 3.26. The van der Waals surface area contributed by atoms with Crippen LogP contribution in [0.1, 0.15) is 23.6 Å². The summed E-state index contributed by atoms with van der Waals surface area (Å²) in [7, 11) is 0. The molecule has 0 atom stereocenters. The Morgan fingerprint density at radius 2 is 2.17 bits per heavy atom. The van der Waals surface area contributed by atoms with Crippen LogP contribution in [0.25, 0.3) is 0 Å². The van der Waals surface area contributed by atoms with Gasteiger partial charge in [0.15, 0.2) is 0 Å². The van der Waals surface area contributed by atoms with Crippen LogP contribution in [0.3, 0.4) is 0 Å². The van der Waals surface area contributed by atoms with Crippen LogP contribution in [0.5, 0.6) is 0 Å². The Labute approximate surface area is 72.5 Å². The summed E-state index contributed by atoms with van der Waals surface area (Å²) >= 11 is 0. The Balaban J connectivity index is 3.13. The molecule has 1 rings (SSSR count). The van der Waals surface area contributed by atoms with E-state index in [-0.39, 0.29) is 6.61 Å². The van der Waals surface area contributed by atoms with Gasteiger partial charge >= 0.3 is 0 Å². The third-order valence-electron chi connectivity index (χ3n) is 1.97. The zero-order valence-corrected chi connectivity index (χ0v) is 7.12. The highest BCUT2D eigenvalue weighted by atomic mass is 16.3. The molecule has 0 unspecified atom stereocenters. The molecule has 0 amide bonds. The van der Waals surface area contributed by atoms with Crippen LogP contribution in [-0.4, -0.2) is 10.2 Å². The number of rotatable bonds is 3. The average Bonchev–Trinajstić information content (AvgIpc) is 2.16. The van der Waals surface area contributed by atoms with Crippen molar-refractivity contribution in [2.24, 2.45) is 0 Å². The van der Waals surface area contributed by atoms with Gasteiger partial charge in [0.05, 0.1) is 6.61 Å². The zero-order valence-electron chi connectivity index (χ0n) is 7.12. The lowest BCUT2D eigenvalue weighted by Gasteiger charge is -2.08. The van der Waals surface area contributed by atoms with Crippen molar-refractivity contribution in [3.8, 4) is 0 Å². The maximum absolute atomic E-state index is 8.97. The van der Waals surface area contributed by atoms with Crippen molar-refractivity contribution in [3.05, 3.63) is 41.5 Å². The first-order valence-electron chi connectivity index (χ1n) is 4.02. The highest BCUT2D eigenvalue weighted by molar-refractivity contribution is 5.37. The highest BCUT2D eigenvalue weighted by Gasteiger charge is 2.04. The maximum Gasteiger partial charge on any atom is 0.109 e. The molecular formula is C10H13O2. The van der Waals surface area contributed by atoms with E-state index < -0.39 is 0 Å². The second-order valence-electron chi connectivity index (χ2n) is 2.63. The minimum absolute atomic E-state index is 0.0326. The fraction of sp³-hybridized carbons (Fsp3) is 0.300. The van der Waals surface area contributed by atoms with Crippen molar-refractivity contribution < 1.29 is 10.2 Å². The molecule has 65 valence electrons. The number of hydrogen-bond donors (Lipinski definition) is 2. The molecule has 0 aliphatic rings. The highest BCUT2D eigenvalue weighted by Crippen LogP contribution is 2.16. The van der Waals surface area contributed by atoms with E-state index in [9.17, 15) is 0 Å². The summed E-state index contributed by atoms with van der Waals surface area (Å²) in [6, 6.07) is 5.52. The van der Waals surface area contributed by atoms with Crippen molar-refractivity contribution in [1.82, 2.24) is 0 Å². The molecule has 0 heterocycles. The van der Waals surface area contributed by atoms with Crippen LogP contribution < -0.4 is 0 Å². The van der Waals surface area contributed by atoms with Crippen LogP contribution in [0.4, 0.5) is 0 Å². The fourth-order valence-electron chi connectivity index (χ4n) is 1.35. The predicted octanol–water partition coefficient (Wildman–Crippen LogP) is 1.62. The van der Waals surface area contributed by atoms with E-state index in [4.69, 9.17) is 10.2 Å². The quantitative estimate of drug-likeness (QED) is 0.714. The molecule has 0 spiro atoms. The van der Waals surface area contributed by atoms with E-state index in [0.29, 0.717) is 0 Å². The first-order chi connectivity index (χ1) is 5.83. The number of aliphatic hydroxyl groups excluding tert-OH is 2. The summed E-state index contributed by atoms with van der Waals surface area (Å²) < 4.78 is 0. The van der Waals surface area contributed by atoms with Gasteiger partial charge in [0.25, 0.3) is 0 Å². The van der Waals surface area contributed by atoms with Crippen LogP contribution in [-0.2, 0) is 13.0 Å². The molecule has 0 fully saturated rings. The van der Waals surface area contributed by atoms with Crippen molar-refractivity contribution in [3.63, 3.8) is 0 Å². The topological polar surface area (TPSA) is 40.5 Å². The van der Waals surface area contributed by atoms with Gasteiger partial charge in [0.2, 0.25) is 0 Å². The van der Waals surface area contributed by atoms with E-state index in [2.05, 4.69) is 0 Å². The molecule has 1 aromatic rings. The first-order valence-corrected chi connectivity index (χ1v) is 4.02. The molecule has 0 saturated heterocycles. The van der Waals surface area contributed by atoms with Crippen molar-refractivity contribution in [2.45, 2.75) is 20.0 Å². The Hall–Kier alpha value is -0.860. The molecule has 0 aliphatic heterocycles. The number of aliphatic hydroxyl groups is 2. The smallest absolute Gasteiger partial charge is 0.109 e. The van der Waals surface area contributed by atoms with Crippen LogP contribution in [0, 0.1) is 6.61 Å². The van der Waals surface area contributed by atoms with Gasteiger partial charge in [-0.1, -0.05) is 25.1 Å². The van der Waals surface area contributed by atoms with E-state index in [0.717, 1.165) is 29.7 Å². The Morgan fingerprint density at radius 3 is 2.67 bits per heavy atom. The zero-order chi connectivity index (χ0) is 8.97. The van der Waals surface area contributed by atoms with Gasteiger partial charge in [-0.15, -0.1) is 0 Å². The monoisotopic (exact) mass is 165 g/mol. The molecule has 1 aromatic carbocycles. The Morgan fingerprint density at radius 1 is 1.42 bits per heavy atom. The molecule has 2 N–H and O–H groups in total. The molecule has 2 heteroatoms. The van der Waals surface area contributed by atoms with Crippen molar-refractivity contribution in [2.75, 3.05) is 0 Å². The van der Waals surface area contributed by atoms with Gasteiger partial charge in [-0.2, -0.15) is 0 Å². The molecular weight excluding hydrogens is 152 g/mol. The van der Waals surface area contributed by atoms with Gasteiger partial charge in [0.1, 0.15) is 6.61 Å². The lowest BCUT2D eigenvalue weighted by molar-refractivity contribution is 0.280. The summed E-state index contributed by atoms with van der Waals surface area (Å²) in [4.78, 5) is 0. The standard InChI is InChI=1S/C10H13O2/c1-2-10-8(6-11)4-3-5-9(10)7-12/h3-6,11-12H,2,7H2,1H3. The van der Waals surface area contributed by atoms with Gasteiger partial charge in [-0.25, -0.2) is 0 Å². The molecule has 0 saturated carbocycles. The van der Waals surface area contributed by atoms with Crippen molar-refractivity contribution >= 4 is 0 Å². The minimum Gasteiger partial charge on any atom is -0.392 e. The molecule has 0 bridgehead atoms. The second kappa shape index (κ2) is 4.24. The normalized spacial score (nSPS) is 10.2. The van der Waals surface area contributed by atoms with Gasteiger partial charge in [-0.05, 0) is 23.1 Å². The van der Waals surface area contributed by atoms with Crippen molar-refractivity contribution in [1.29, 1.82) is 0 Å². The van der Waals surface area contributed by atoms with Crippen LogP contribution in [0.2, 0.25) is 0 Å². The number of hydrogen-bond acceptors (Lipinski definition) is 2. The van der Waals surface area contributed by atoms with E-state index >= 15 is 0 Å². The van der Waals surface area contributed by atoms with Crippen LogP contribution >= 0.6 is 0 Å². The maximum atomic E-state index is 8.97. The summed E-state index contributed by atoms with van der Waals surface area (Å²) in [5.41, 5.74) is 2.70. The molecule has 0 aliphatic carbocycles. The van der Waals surface area contributed by atoms with Gasteiger partial charge in [0, 0.05) is 0 Å². The summed E-state index contributed by atoms with van der Waals surface area (Å²) in [5.74, 6) is 0. The summed E-state index contributed by atoms with van der Waals surface area (Å²) in [6.45, 7) is 3.12. The van der Waals surface area contributed by atoms with Crippen LogP contribution in [0.15, 0.2) is 18.2 Å². The average molecular weight is 165 g/mol. The van der Waals surface area contributed by atoms with E-state index in [1.807, 2.05) is 25.1 Å². The summed E-state index contributed by atoms with van der Waals surface area (Å²) in [5, 5.41) is 17.8. The Bertz CT molecular complexity index is 234.